The molecule has 0 unspecified atom stereocenters. The van der Waals surface area contributed by atoms with Crippen LogP contribution in [-0.4, -0.2) is 17.0 Å². The molecule has 0 fully saturated rings. The van der Waals surface area contributed by atoms with Crippen LogP contribution < -0.4 is 10.2 Å². The van der Waals surface area contributed by atoms with E-state index in [2.05, 4.69) is 10.5 Å². The number of nitrogens with zero attached hydrogens (tertiary/aromatic N) is 2. The fourth-order valence-corrected chi connectivity index (χ4v) is 2.48. The second-order valence-corrected chi connectivity index (χ2v) is 6.07. The summed E-state index contributed by atoms with van der Waals surface area (Å²) in [5, 5.41) is 15.2. The number of amides is 1. The van der Waals surface area contributed by atoms with Gasteiger partial charge < -0.3 is 9.15 Å². The first-order valence-corrected chi connectivity index (χ1v) is 8.41. The second-order valence-electron chi connectivity index (χ2n) is 5.63. The first kappa shape index (κ1) is 19.1. The van der Waals surface area contributed by atoms with Gasteiger partial charge in [0.15, 0.2) is 0 Å². The zero-order chi connectivity index (χ0) is 20.1. The van der Waals surface area contributed by atoms with Crippen LogP contribution in [0.4, 0.5) is 5.69 Å². The van der Waals surface area contributed by atoms with Crippen molar-refractivity contribution in [1.82, 2.24) is 5.43 Å². The predicted molar refractivity (Wildman–Crippen MR) is 103 cm³/mol. The first-order chi connectivity index (χ1) is 13.4. The maximum Gasteiger partial charge on any atom is 0.313 e. The molecule has 0 spiro atoms. The Morgan fingerprint density at radius 2 is 2.00 bits per heavy atom. The van der Waals surface area contributed by atoms with Crippen LogP contribution in [0.2, 0.25) is 5.02 Å². The van der Waals surface area contributed by atoms with Gasteiger partial charge in [0.1, 0.15) is 11.5 Å². The van der Waals surface area contributed by atoms with E-state index in [-0.39, 0.29) is 22.4 Å². The van der Waals surface area contributed by atoms with Crippen LogP contribution in [0.15, 0.2) is 64.3 Å². The van der Waals surface area contributed by atoms with E-state index in [1.807, 2.05) is 0 Å². The summed E-state index contributed by atoms with van der Waals surface area (Å²) >= 11 is 5.79. The second kappa shape index (κ2) is 8.36. The predicted octanol–water partition coefficient (Wildman–Crippen LogP) is 4.71. The highest BCUT2D eigenvalue weighted by Gasteiger charge is 2.16. The third-order valence-corrected chi connectivity index (χ3v) is 3.94. The van der Waals surface area contributed by atoms with Crippen molar-refractivity contribution in [1.29, 1.82) is 0 Å². The zero-order valence-electron chi connectivity index (χ0n) is 14.6. The molecular weight excluding hydrogens is 386 g/mol. The molecule has 3 rings (SSSR count). The van der Waals surface area contributed by atoms with Gasteiger partial charge in [0.2, 0.25) is 5.75 Å². The van der Waals surface area contributed by atoms with Crippen LogP contribution in [0.3, 0.4) is 0 Å². The van der Waals surface area contributed by atoms with Gasteiger partial charge in [-0.25, -0.2) is 5.43 Å². The number of hydrogen-bond acceptors (Lipinski definition) is 6. The van der Waals surface area contributed by atoms with E-state index in [0.29, 0.717) is 22.6 Å². The van der Waals surface area contributed by atoms with Crippen molar-refractivity contribution in [2.45, 2.75) is 6.92 Å². The molecule has 9 heteroatoms. The van der Waals surface area contributed by atoms with E-state index < -0.39 is 4.92 Å². The van der Waals surface area contributed by atoms with Gasteiger partial charge in [-0.1, -0.05) is 11.6 Å². The van der Waals surface area contributed by atoms with Crippen molar-refractivity contribution in [2.24, 2.45) is 5.10 Å². The monoisotopic (exact) mass is 399 g/mol. The van der Waals surface area contributed by atoms with Crippen molar-refractivity contribution in [3.8, 4) is 11.5 Å². The number of halogens is 1. The van der Waals surface area contributed by atoms with Crippen LogP contribution in [0.1, 0.15) is 21.7 Å². The minimum absolute atomic E-state index is 0.0820. The van der Waals surface area contributed by atoms with E-state index in [9.17, 15) is 14.9 Å². The summed E-state index contributed by atoms with van der Waals surface area (Å²) in [5.74, 6) is 0.613. The molecule has 8 nitrogen and oxygen atoms in total. The van der Waals surface area contributed by atoms with Crippen LogP contribution in [0.25, 0.3) is 0 Å². The van der Waals surface area contributed by atoms with Crippen molar-refractivity contribution >= 4 is 29.4 Å². The van der Waals surface area contributed by atoms with Gasteiger partial charge in [-0.2, -0.15) is 5.10 Å². The van der Waals surface area contributed by atoms with Gasteiger partial charge in [0, 0.05) is 11.1 Å². The number of nitrogens with one attached hydrogen (secondary N) is 1. The van der Waals surface area contributed by atoms with E-state index in [1.54, 1.807) is 37.3 Å². The maximum absolute atomic E-state index is 11.9. The number of rotatable bonds is 6. The smallest absolute Gasteiger partial charge is 0.313 e. The summed E-state index contributed by atoms with van der Waals surface area (Å²) in [6, 6.07) is 12.4. The SMILES string of the molecule is Cc1occc1C(=O)N/N=C\c1ccc(Oc2ccc(Cl)cc2[N+](=O)[O-])cc1. The molecule has 142 valence electrons. The van der Waals surface area contributed by atoms with E-state index >= 15 is 0 Å². The molecule has 3 aromatic rings. The topological polar surface area (TPSA) is 107 Å². The fraction of sp³-hybridized carbons (Fsp3) is 0.0526. The molecule has 0 aliphatic carbocycles. The summed E-state index contributed by atoms with van der Waals surface area (Å²) in [7, 11) is 0. The first-order valence-electron chi connectivity index (χ1n) is 8.03. The van der Waals surface area contributed by atoms with E-state index in [0.717, 1.165) is 0 Å². The summed E-state index contributed by atoms with van der Waals surface area (Å²) in [6.45, 7) is 1.68. The Morgan fingerprint density at radius 1 is 1.25 bits per heavy atom. The lowest BCUT2D eigenvalue weighted by atomic mass is 10.2. The Hall–Kier alpha value is -3.65. The Labute approximate surface area is 164 Å². The highest BCUT2D eigenvalue weighted by atomic mass is 35.5. The summed E-state index contributed by atoms with van der Waals surface area (Å²) in [4.78, 5) is 22.5. The number of nitro groups is 1. The molecular formula is C19H14ClN3O5. The van der Waals surface area contributed by atoms with Crippen molar-refractivity contribution in [3.63, 3.8) is 0 Å². The van der Waals surface area contributed by atoms with Gasteiger partial charge in [-0.3, -0.25) is 14.9 Å². The molecule has 0 atom stereocenters. The van der Waals surface area contributed by atoms with Crippen molar-refractivity contribution in [2.75, 3.05) is 0 Å². The third-order valence-electron chi connectivity index (χ3n) is 3.71. The number of furan rings is 1. The molecule has 0 aliphatic rings. The fourth-order valence-electron chi connectivity index (χ4n) is 2.31. The molecule has 0 saturated heterocycles. The summed E-state index contributed by atoms with van der Waals surface area (Å²) in [6.07, 6.45) is 2.89. The van der Waals surface area contributed by atoms with Gasteiger partial charge in [0.05, 0.1) is 23.0 Å². The highest BCUT2D eigenvalue weighted by molar-refractivity contribution is 6.30. The minimum Gasteiger partial charge on any atom is -0.469 e. The van der Waals surface area contributed by atoms with Crippen LogP contribution in [0.5, 0.6) is 11.5 Å². The number of nitro benzene ring substituents is 1. The summed E-state index contributed by atoms with van der Waals surface area (Å²) < 4.78 is 10.6. The van der Waals surface area contributed by atoms with Crippen LogP contribution in [-0.2, 0) is 0 Å². The lowest BCUT2D eigenvalue weighted by Gasteiger charge is -2.06. The van der Waals surface area contributed by atoms with Gasteiger partial charge in [-0.15, -0.1) is 0 Å². The number of ether oxygens (including phenoxy) is 1. The lowest BCUT2D eigenvalue weighted by Crippen LogP contribution is -2.17. The Balaban J connectivity index is 1.65. The molecule has 1 N–H and O–H groups in total. The average Bonchev–Trinajstić information content (AvgIpc) is 3.10. The summed E-state index contributed by atoms with van der Waals surface area (Å²) in [5.41, 5.74) is 3.28. The molecule has 0 bridgehead atoms. The average molecular weight is 400 g/mol. The number of hydrazone groups is 1. The molecule has 2 aromatic carbocycles. The molecule has 1 amide bonds. The van der Waals surface area contributed by atoms with Gasteiger partial charge >= 0.3 is 5.69 Å². The van der Waals surface area contributed by atoms with E-state index in [1.165, 1.54) is 30.7 Å². The Kier molecular flexibility index (Phi) is 5.71. The van der Waals surface area contributed by atoms with Gasteiger partial charge in [0.25, 0.3) is 5.91 Å². The number of carbonyl (C=O) groups is 1. The van der Waals surface area contributed by atoms with Crippen LogP contribution in [0, 0.1) is 17.0 Å². The Bertz CT molecular complexity index is 1040. The zero-order valence-corrected chi connectivity index (χ0v) is 15.3. The molecule has 0 radical (unpaired) electrons. The maximum atomic E-state index is 11.9. The molecule has 1 aromatic heterocycles. The van der Waals surface area contributed by atoms with Crippen molar-refractivity contribution < 1.29 is 18.9 Å². The normalized spacial score (nSPS) is 10.8. The molecule has 0 saturated carbocycles. The number of hydrogen-bond donors (Lipinski definition) is 1. The van der Waals surface area contributed by atoms with Gasteiger partial charge in [-0.05, 0) is 55.0 Å². The number of carbonyl (C=O) groups excluding carboxylic acids is 1. The minimum atomic E-state index is -0.563. The molecule has 0 aliphatic heterocycles. The molecule has 1 heterocycles. The van der Waals surface area contributed by atoms with E-state index in [4.69, 9.17) is 20.8 Å². The quantitative estimate of drug-likeness (QED) is 0.367. The standard InChI is InChI=1S/C19H14ClN3O5/c1-12-16(8-9-27-12)19(24)22-21-11-13-2-5-15(6-3-13)28-18-7-4-14(20)10-17(18)23(25)26/h2-11H,1H3,(H,22,24)/b21-11-. The largest absolute Gasteiger partial charge is 0.469 e. The molecule has 28 heavy (non-hydrogen) atoms. The van der Waals surface area contributed by atoms with Crippen molar-refractivity contribution in [3.05, 3.63) is 86.8 Å². The lowest BCUT2D eigenvalue weighted by molar-refractivity contribution is -0.385. The highest BCUT2D eigenvalue weighted by Crippen LogP contribution is 2.33. The Morgan fingerprint density at radius 3 is 2.64 bits per heavy atom. The number of aryl methyl sites for hydroxylation is 1. The number of benzene rings is 2. The third kappa shape index (κ3) is 4.54. The van der Waals surface area contributed by atoms with Crippen LogP contribution >= 0.6 is 11.6 Å².